The molecule has 1 aliphatic carbocycles. The fraction of sp³-hybridized carbons (Fsp3) is 0.350. The summed E-state index contributed by atoms with van der Waals surface area (Å²) in [6.07, 6.45) is 2.41. The first kappa shape index (κ1) is 17.9. The monoisotopic (exact) mass is 352 g/mol. The highest BCUT2D eigenvalue weighted by molar-refractivity contribution is 5.71. The molecule has 3 atom stereocenters. The summed E-state index contributed by atoms with van der Waals surface area (Å²) < 4.78 is 5.09. The van der Waals surface area contributed by atoms with Crippen LogP contribution in [0, 0.1) is 17.8 Å². The van der Waals surface area contributed by atoms with Gasteiger partial charge in [-0.25, -0.2) is 0 Å². The molecule has 26 heavy (non-hydrogen) atoms. The van der Waals surface area contributed by atoms with Crippen LogP contribution in [0.4, 0.5) is 0 Å². The zero-order valence-electron chi connectivity index (χ0n) is 14.4. The van der Waals surface area contributed by atoms with E-state index in [1.165, 1.54) is 13.3 Å². The molecular weight excluding hydrogens is 332 g/mol. The van der Waals surface area contributed by atoms with Gasteiger partial charge in [-0.05, 0) is 30.7 Å². The highest BCUT2D eigenvalue weighted by Gasteiger charge is 2.42. The Balaban J connectivity index is 1.86. The average Bonchev–Trinajstić information content (AvgIpc) is 2.67. The molecule has 2 N–H and O–H groups in total. The number of ether oxygens (including phenoxy) is 1. The van der Waals surface area contributed by atoms with Gasteiger partial charge in [0.15, 0.2) is 0 Å². The molecule has 1 fully saturated rings. The number of aliphatic hydroxyl groups is 1. The molecule has 0 bridgehead atoms. The summed E-state index contributed by atoms with van der Waals surface area (Å²) in [5.41, 5.74) is 0.0346. The van der Waals surface area contributed by atoms with Crippen LogP contribution in [0.5, 0.6) is 5.75 Å². The van der Waals surface area contributed by atoms with Crippen LogP contribution in [-0.4, -0.2) is 39.1 Å². The van der Waals surface area contributed by atoms with Gasteiger partial charge >= 0.3 is 5.97 Å². The number of rotatable bonds is 3. The zero-order chi connectivity index (χ0) is 18.6. The van der Waals surface area contributed by atoms with E-state index in [1.807, 2.05) is 30.3 Å². The summed E-state index contributed by atoms with van der Waals surface area (Å²) in [5.74, 6) is 4.59. The minimum absolute atomic E-state index is 0.262. The second kappa shape index (κ2) is 7.54. The molecule has 6 heteroatoms. The Morgan fingerprint density at radius 2 is 2.12 bits per heavy atom. The first-order valence-electron chi connectivity index (χ1n) is 8.41. The van der Waals surface area contributed by atoms with E-state index in [-0.39, 0.29) is 12.3 Å². The van der Waals surface area contributed by atoms with Crippen molar-refractivity contribution < 1.29 is 19.7 Å². The van der Waals surface area contributed by atoms with Gasteiger partial charge in [-0.2, -0.15) is 5.10 Å². The number of carbonyl (C=O) groups is 1. The van der Waals surface area contributed by atoms with Gasteiger partial charge in [0, 0.05) is 12.0 Å². The SMILES string of the molecule is COc1cnnc(C#CC2(O)CC[C@@H](C(=O)O)[C@H](c3ccccc3)C2)c1. The van der Waals surface area contributed by atoms with Crippen molar-refractivity contribution in [2.45, 2.75) is 30.8 Å². The first-order valence-corrected chi connectivity index (χ1v) is 8.41. The lowest BCUT2D eigenvalue weighted by Gasteiger charge is -2.37. The Bertz CT molecular complexity index is 844. The molecule has 0 radical (unpaired) electrons. The van der Waals surface area contributed by atoms with Gasteiger partial charge in [-0.1, -0.05) is 36.3 Å². The maximum absolute atomic E-state index is 11.6. The first-order chi connectivity index (χ1) is 12.5. The summed E-state index contributed by atoms with van der Waals surface area (Å²) in [5, 5.41) is 28.2. The molecule has 1 aliphatic rings. The standard InChI is InChI=1S/C20H20N2O4/c1-26-16-11-15(22-21-13-16)7-9-20(25)10-8-17(19(23)24)18(12-20)14-5-3-2-4-6-14/h2-6,11,13,17-18,25H,8,10,12H2,1H3,(H,23,24)/t17-,18+,20?/m1/s1. The van der Waals surface area contributed by atoms with Crippen molar-refractivity contribution in [2.24, 2.45) is 5.92 Å². The van der Waals surface area contributed by atoms with E-state index >= 15 is 0 Å². The normalized spacial score (nSPS) is 25.0. The molecule has 3 rings (SSSR count). The van der Waals surface area contributed by atoms with Crippen LogP contribution in [0.2, 0.25) is 0 Å². The number of nitrogens with zero attached hydrogens (tertiary/aromatic N) is 2. The number of hydrogen-bond donors (Lipinski definition) is 2. The number of carboxylic acid groups (broad SMARTS) is 1. The van der Waals surface area contributed by atoms with E-state index in [9.17, 15) is 15.0 Å². The highest BCUT2D eigenvalue weighted by Crippen LogP contribution is 2.42. The molecule has 2 aromatic rings. The topological polar surface area (TPSA) is 92.5 Å². The maximum atomic E-state index is 11.6. The Morgan fingerprint density at radius 3 is 2.81 bits per heavy atom. The maximum Gasteiger partial charge on any atom is 0.307 e. The Hall–Kier alpha value is -2.91. The van der Waals surface area contributed by atoms with E-state index in [0.717, 1.165) is 5.56 Å². The van der Waals surface area contributed by atoms with Gasteiger partial charge in [0.05, 0.1) is 19.2 Å². The largest absolute Gasteiger partial charge is 0.495 e. The molecule has 1 heterocycles. The second-order valence-electron chi connectivity index (χ2n) is 6.47. The van der Waals surface area contributed by atoms with Crippen molar-refractivity contribution in [3.05, 3.63) is 53.9 Å². The van der Waals surface area contributed by atoms with E-state index in [1.54, 1.807) is 6.07 Å². The minimum Gasteiger partial charge on any atom is -0.495 e. The Kier molecular flexibility index (Phi) is 5.19. The van der Waals surface area contributed by atoms with E-state index < -0.39 is 17.5 Å². The van der Waals surface area contributed by atoms with Crippen molar-refractivity contribution >= 4 is 5.97 Å². The van der Waals surface area contributed by atoms with Gasteiger partial charge < -0.3 is 14.9 Å². The van der Waals surface area contributed by atoms with Crippen molar-refractivity contribution in [1.82, 2.24) is 10.2 Å². The average molecular weight is 352 g/mol. The Morgan fingerprint density at radius 1 is 1.35 bits per heavy atom. The molecule has 0 amide bonds. The third-order valence-electron chi connectivity index (χ3n) is 4.75. The highest BCUT2D eigenvalue weighted by atomic mass is 16.5. The molecule has 134 valence electrons. The summed E-state index contributed by atoms with van der Waals surface area (Å²) in [6.45, 7) is 0. The van der Waals surface area contributed by atoms with Gasteiger partial charge in [0.25, 0.3) is 0 Å². The number of carboxylic acids is 1. The van der Waals surface area contributed by atoms with Crippen LogP contribution in [0.15, 0.2) is 42.6 Å². The molecule has 1 saturated carbocycles. The predicted octanol–water partition coefficient (Wildman–Crippen LogP) is 2.24. The zero-order valence-corrected chi connectivity index (χ0v) is 14.4. The van der Waals surface area contributed by atoms with Crippen molar-refractivity contribution in [2.75, 3.05) is 7.11 Å². The van der Waals surface area contributed by atoms with Crippen LogP contribution in [0.1, 0.15) is 36.4 Å². The van der Waals surface area contributed by atoms with Crippen LogP contribution in [0.3, 0.4) is 0 Å². The Labute approximate surface area is 151 Å². The van der Waals surface area contributed by atoms with Crippen molar-refractivity contribution in [1.29, 1.82) is 0 Å². The minimum atomic E-state index is -1.27. The number of aromatic nitrogens is 2. The van der Waals surface area contributed by atoms with Gasteiger partial charge in [0.2, 0.25) is 0 Å². The van der Waals surface area contributed by atoms with Crippen molar-refractivity contribution in [3.63, 3.8) is 0 Å². The van der Waals surface area contributed by atoms with Crippen molar-refractivity contribution in [3.8, 4) is 17.6 Å². The third-order valence-corrected chi connectivity index (χ3v) is 4.75. The van der Waals surface area contributed by atoms with Crippen LogP contribution in [-0.2, 0) is 4.79 Å². The van der Waals surface area contributed by atoms with Crippen LogP contribution >= 0.6 is 0 Å². The summed E-state index contributed by atoms with van der Waals surface area (Å²) in [7, 11) is 1.53. The van der Waals surface area contributed by atoms with Gasteiger partial charge in [0.1, 0.15) is 17.0 Å². The van der Waals surface area contributed by atoms with Gasteiger partial charge in [-0.15, -0.1) is 5.10 Å². The lowest BCUT2D eigenvalue weighted by Crippen LogP contribution is -2.39. The lowest BCUT2D eigenvalue weighted by atomic mass is 9.69. The fourth-order valence-corrected chi connectivity index (χ4v) is 3.37. The van der Waals surface area contributed by atoms with Gasteiger partial charge in [-0.3, -0.25) is 4.79 Å². The predicted molar refractivity (Wildman–Crippen MR) is 94.6 cm³/mol. The number of hydrogen-bond acceptors (Lipinski definition) is 5. The molecule has 0 saturated heterocycles. The molecule has 1 aromatic heterocycles. The van der Waals surface area contributed by atoms with Crippen LogP contribution in [0.25, 0.3) is 0 Å². The number of aliphatic carboxylic acids is 1. The van der Waals surface area contributed by atoms with Crippen LogP contribution < -0.4 is 4.74 Å². The van der Waals surface area contributed by atoms with E-state index in [4.69, 9.17) is 4.74 Å². The molecular formula is C20H20N2O4. The molecule has 6 nitrogen and oxygen atoms in total. The quantitative estimate of drug-likeness (QED) is 0.823. The molecule has 0 spiro atoms. The van der Waals surface area contributed by atoms with E-state index in [2.05, 4.69) is 22.0 Å². The number of benzene rings is 1. The smallest absolute Gasteiger partial charge is 0.307 e. The molecule has 1 unspecified atom stereocenters. The van der Waals surface area contributed by atoms with E-state index in [0.29, 0.717) is 24.3 Å². The fourth-order valence-electron chi connectivity index (χ4n) is 3.37. The number of methoxy groups -OCH3 is 1. The third kappa shape index (κ3) is 4.01. The summed E-state index contributed by atoms with van der Waals surface area (Å²) in [4.78, 5) is 11.6. The molecule has 0 aliphatic heterocycles. The second-order valence-corrected chi connectivity index (χ2v) is 6.47. The lowest BCUT2D eigenvalue weighted by molar-refractivity contribution is -0.145. The molecule has 1 aromatic carbocycles. The summed E-state index contributed by atoms with van der Waals surface area (Å²) in [6, 6.07) is 11.1. The summed E-state index contributed by atoms with van der Waals surface area (Å²) >= 11 is 0.